The van der Waals surface area contributed by atoms with Gasteiger partial charge in [-0.3, -0.25) is 4.90 Å². The highest BCUT2D eigenvalue weighted by Gasteiger charge is 2.43. The van der Waals surface area contributed by atoms with Crippen molar-refractivity contribution < 1.29 is 17.9 Å². The highest BCUT2D eigenvalue weighted by atomic mass is 19.4. The molecular weight excluding hydrogens is 339 g/mol. The maximum Gasteiger partial charge on any atom is 0.416 e. The van der Waals surface area contributed by atoms with Crippen molar-refractivity contribution in [1.82, 2.24) is 4.90 Å². The van der Waals surface area contributed by atoms with Gasteiger partial charge in [0.05, 0.1) is 12.2 Å². The highest BCUT2D eigenvalue weighted by Crippen LogP contribution is 2.47. The lowest BCUT2D eigenvalue weighted by Gasteiger charge is -2.27. The molecule has 138 valence electrons. The number of benzene rings is 2. The van der Waals surface area contributed by atoms with Gasteiger partial charge in [0.2, 0.25) is 0 Å². The van der Waals surface area contributed by atoms with Gasteiger partial charge in [-0.05, 0) is 50.0 Å². The van der Waals surface area contributed by atoms with Gasteiger partial charge in [-0.15, -0.1) is 0 Å². The van der Waals surface area contributed by atoms with Crippen LogP contribution in [0.15, 0.2) is 48.5 Å². The average Bonchev–Trinajstić information content (AvgIpc) is 2.84. The van der Waals surface area contributed by atoms with E-state index in [0.29, 0.717) is 12.4 Å². The van der Waals surface area contributed by atoms with Crippen LogP contribution in [0, 0.1) is 0 Å². The minimum Gasteiger partial charge on any atom is -0.492 e. The third-order valence-electron chi connectivity index (χ3n) is 5.67. The summed E-state index contributed by atoms with van der Waals surface area (Å²) in [4.78, 5) is 2.44. The summed E-state index contributed by atoms with van der Waals surface area (Å²) in [6.45, 7) is 3.34. The van der Waals surface area contributed by atoms with Crippen LogP contribution in [-0.2, 0) is 18.1 Å². The predicted molar refractivity (Wildman–Crippen MR) is 94.2 cm³/mol. The third kappa shape index (κ3) is 3.32. The number of hydrogen-bond acceptors (Lipinski definition) is 2. The summed E-state index contributed by atoms with van der Waals surface area (Å²) in [5.41, 5.74) is 1.46. The van der Waals surface area contributed by atoms with E-state index in [4.69, 9.17) is 4.74 Å². The van der Waals surface area contributed by atoms with Gasteiger partial charge in [0.25, 0.3) is 0 Å². The van der Waals surface area contributed by atoms with Crippen molar-refractivity contribution in [3.63, 3.8) is 0 Å². The number of ether oxygens (including phenoxy) is 1. The van der Waals surface area contributed by atoms with Crippen LogP contribution < -0.4 is 4.74 Å². The fraction of sp³-hybridized carbons (Fsp3) is 0.429. The lowest BCUT2D eigenvalue weighted by Crippen LogP contribution is -2.30. The Labute approximate surface area is 151 Å². The molecule has 1 unspecified atom stereocenters. The molecule has 1 fully saturated rings. The van der Waals surface area contributed by atoms with Crippen molar-refractivity contribution >= 4 is 0 Å². The third-order valence-corrected chi connectivity index (χ3v) is 5.67. The molecule has 5 heteroatoms. The molecule has 26 heavy (non-hydrogen) atoms. The number of likely N-dealkylation sites (tertiary alicyclic amines) is 1. The second kappa shape index (κ2) is 6.62. The van der Waals surface area contributed by atoms with E-state index >= 15 is 0 Å². The first-order valence-electron chi connectivity index (χ1n) is 9.07. The zero-order chi connectivity index (χ0) is 18.2. The van der Waals surface area contributed by atoms with Gasteiger partial charge in [-0.2, -0.15) is 13.2 Å². The van der Waals surface area contributed by atoms with Crippen molar-refractivity contribution in [1.29, 1.82) is 0 Å². The van der Waals surface area contributed by atoms with Gasteiger partial charge in [-0.25, -0.2) is 0 Å². The molecule has 2 aromatic carbocycles. The Bertz CT molecular complexity index is 775. The van der Waals surface area contributed by atoms with Crippen molar-refractivity contribution in [2.45, 2.75) is 37.4 Å². The molecule has 2 aromatic rings. The molecule has 0 aliphatic carbocycles. The topological polar surface area (TPSA) is 12.5 Å². The summed E-state index contributed by atoms with van der Waals surface area (Å²) in [7, 11) is 0. The summed E-state index contributed by atoms with van der Waals surface area (Å²) >= 11 is 0. The Balaban J connectivity index is 1.51. The van der Waals surface area contributed by atoms with Gasteiger partial charge in [0.15, 0.2) is 0 Å². The monoisotopic (exact) mass is 361 g/mol. The Kier molecular flexibility index (Phi) is 4.43. The molecule has 2 heterocycles. The first-order chi connectivity index (χ1) is 12.5. The van der Waals surface area contributed by atoms with Crippen LogP contribution in [-0.4, -0.2) is 24.6 Å². The van der Waals surface area contributed by atoms with E-state index in [0.717, 1.165) is 50.5 Å². The number of halogens is 3. The fourth-order valence-electron chi connectivity index (χ4n) is 4.21. The zero-order valence-electron chi connectivity index (χ0n) is 14.6. The van der Waals surface area contributed by atoms with E-state index < -0.39 is 11.7 Å². The minimum absolute atomic E-state index is 0.148. The van der Waals surface area contributed by atoms with Crippen LogP contribution >= 0.6 is 0 Å². The SMILES string of the molecule is FC(F)(F)c1ccc2c(c1)OCC21CCCN(Cc2ccccc2)CC1. The van der Waals surface area contributed by atoms with Crippen LogP contribution in [0.25, 0.3) is 0 Å². The van der Waals surface area contributed by atoms with Crippen LogP contribution in [0.1, 0.15) is 36.0 Å². The lowest BCUT2D eigenvalue weighted by atomic mass is 9.76. The summed E-state index contributed by atoms with van der Waals surface area (Å²) in [5, 5.41) is 0. The largest absolute Gasteiger partial charge is 0.492 e. The second-order valence-corrected chi connectivity index (χ2v) is 7.39. The van der Waals surface area contributed by atoms with E-state index in [2.05, 4.69) is 17.0 Å². The van der Waals surface area contributed by atoms with Gasteiger partial charge in [-0.1, -0.05) is 36.4 Å². The van der Waals surface area contributed by atoms with Crippen molar-refractivity contribution in [3.8, 4) is 5.75 Å². The lowest BCUT2D eigenvalue weighted by molar-refractivity contribution is -0.137. The van der Waals surface area contributed by atoms with Crippen molar-refractivity contribution in [2.75, 3.05) is 19.7 Å². The molecule has 0 amide bonds. The van der Waals surface area contributed by atoms with Gasteiger partial charge < -0.3 is 4.74 Å². The van der Waals surface area contributed by atoms with Crippen LogP contribution in [0.4, 0.5) is 13.2 Å². The fourth-order valence-corrected chi connectivity index (χ4v) is 4.21. The predicted octanol–water partition coefficient (Wildman–Crippen LogP) is 5.02. The van der Waals surface area contributed by atoms with Gasteiger partial charge in [0.1, 0.15) is 5.75 Å². The Morgan fingerprint density at radius 3 is 2.58 bits per heavy atom. The number of rotatable bonds is 2. The van der Waals surface area contributed by atoms with E-state index in [9.17, 15) is 13.2 Å². The van der Waals surface area contributed by atoms with Crippen LogP contribution in [0.2, 0.25) is 0 Å². The van der Waals surface area contributed by atoms with E-state index in [1.54, 1.807) is 6.07 Å². The Hall–Kier alpha value is -2.01. The Morgan fingerprint density at radius 1 is 1.00 bits per heavy atom. The van der Waals surface area contributed by atoms with E-state index in [1.807, 2.05) is 18.2 Å². The first kappa shape index (κ1) is 17.4. The number of fused-ring (bicyclic) bond motifs is 2. The van der Waals surface area contributed by atoms with Gasteiger partial charge in [0, 0.05) is 17.5 Å². The molecular formula is C21H22F3NO. The summed E-state index contributed by atoms with van der Waals surface area (Å²) in [6.07, 6.45) is -1.43. The van der Waals surface area contributed by atoms with Crippen molar-refractivity contribution in [3.05, 3.63) is 65.2 Å². The molecule has 1 spiro atoms. The van der Waals surface area contributed by atoms with Crippen LogP contribution in [0.5, 0.6) is 5.75 Å². The number of hydrogen-bond donors (Lipinski definition) is 0. The first-order valence-corrected chi connectivity index (χ1v) is 9.07. The summed E-state index contributed by atoms with van der Waals surface area (Å²) < 4.78 is 44.6. The maximum absolute atomic E-state index is 13.0. The standard InChI is InChI=1S/C21H22F3NO/c22-21(23,24)17-7-8-18-19(13-17)26-15-20(18)9-4-11-25(12-10-20)14-16-5-2-1-3-6-16/h1-3,5-8,13H,4,9-12,14-15H2. The maximum atomic E-state index is 13.0. The molecule has 1 atom stereocenters. The number of alkyl halides is 3. The molecule has 4 rings (SSSR count). The van der Waals surface area contributed by atoms with E-state index in [1.165, 1.54) is 11.6 Å². The normalized spacial score (nSPS) is 23.5. The van der Waals surface area contributed by atoms with E-state index in [-0.39, 0.29) is 5.41 Å². The molecule has 0 N–H and O–H groups in total. The molecule has 0 saturated carbocycles. The van der Waals surface area contributed by atoms with Crippen LogP contribution in [0.3, 0.4) is 0 Å². The van der Waals surface area contributed by atoms with Gasteiger partial charge >= 0.3 is 6.18 Å². The smallest absolute Gasteiger partial charge is 0.416 e. The minimum atomic E-state index is -4.33. The molecule has 0 bridgehead atoms. The molecule has 2 aliphatic rings. The summed E-state index contributed by atoms with van der Waals surface area (Å²) in [5.74, 6) is 0.413. The molecule has 1 saturated heterocycles. The highest BCUT2D eigenvalue weighted by molar-refractivity contribution is 5.47. The summed E-state index contributed by atoms with van der Waals surface area (Å²) in [6, 6.07) is 14.4. The second-order valence-electron chi connectivity index (χ2n) is 7.39. The number of nitrogens with zero attached hydrogens (tertiary/aromatic N) is 1. The quantitative estimate of drug-likeness (QED) is 0.745. The average molecular weight is 361 g/mol. The molecule has 0 radical (unpaired) electrons. The zero-order valence-corrected chi connectivity index (χ0v) is 14.6. The molecule has 2 aliphatic heterocycles. The molecule has 0 aromatic heterocycles. The Morgan fingerprint density at radius 2 is 1.81 bits per heavy atom. The molecule has 2 nitrogen and oxygen atoms in total. The van der Waals surface area contributed by atoms with Crippen molar-refractivity contribution in [2.24, 2.45) is 0 Å².